The van der Waals surface area contributed by atoms with Crippen LogP contribution in [0.4, 0.5) is 4.39 Å². The summed E-state index contributed by atoms with van der Waals surface area (Å²) < 4.78 is 50.1. The number of methoxy groups -OCH3 is 2. The number of halogens is 1. The molecule has 0 saturated heterocycles. The van der Waals surface area contributed by atoms with Crippen molar-refractivity contribution in [3.63, 3.8) is 0 Å². The van der Waals surface area contributed by atoms with Gasteiger partial charge in [-0.25, -0.2) is 22.3 Å². The van der Waals surface area contributed by atoms with Crippen LogP contribution in [0.15, 0.2) is 42.5 Å². The highest BCUT2D eigenvalue weighted by atomic mass is 32.2. The average molecular weight is 367 g/mol. The highest BCUT2D eigenvalue weighted by Gasteiger charge is 2.14. The predicted octanol–water partition coefficient (Wildman–Crippen LogP) is 2.24. The lowest BCUT2D eigenvalue weighted by molar-refractivity contribution is 0.0600. The van der Waals surface area contributed by atoms with Crippen molar-refractivity contribution in [2.24, 2.45) is 0 Å². The fourth-order valence-corrected chi connectivity index (χ4v) is 3.22. The molecular formula is C17H18FNO5S. The molecule has 0 fully saturated rings. The van der Waals surface area contributed by atoms with E-state index < -0.39 is 21.8 Å². The fraction of sp³-hybridized carbons (Fsp3) is 0.235. The molecule has 0 atom stereocenters. The van der Waals surface area contributed by atoms with Crippen molar-refractivity contribution in [1.82, 2.24) is 4.72 Å². The molecule has 0 aromatic heterocycles. The number of rotatable bonds is 7. The van der Waals surface area contributed by atoms with Crippen LogP contribution in [0.1, 0.15) is 21.5 Å². The van der Waals surface area contributed by atoms with E-state index in [2.05, 4.69) is 9.46 Å². The van der Waals surface area contributed by atoms with Crippen molar-refractivity contribution in [1.29, 1.82) is 0 Å². The average Bonchev–Trinajstić information content (AvgIpc) is 2.60. The van der Waals surface area contributed by atoms with E-state index in [9.17, 15) is 17.6 Å². The summed E-state index contributed by atoms with van der Waals surface area (Å²) in [5.41, 5.74) is 0.769. The standard InChI is InChI=1S/C17H18FNO5S/c1-23-15-7-3-12(4-8-15)11-25(21,22)19-10-14-6-5-13(9-16(14)18)17(20)24-2/h3-9,19H,10-11H2,1-2H3. The zero-order valence-electron chi connectivity index (χ0n) is 13.8. The topological polar surface area (TPSA) is 81.7 Å². The third-order valence-corrected chi connectivity index (χ3v) is 4.77. The molecule has 0 amide bonds. The van der Waals surface area contributed by atoms with Gasteiger partial charge >= 0.3 is 5.97 Å². The Balaban J connectivity index is 2.02. The molecule has 0 heterocycles. The van der Waals surface area contributed by atoms with Crippen molar-refractivity contribution in [2.45, 2.75) is 12.3 Å². The van der Waals surface area contributed by atoms with E-state index >= 15 is 0 Å². The predicted molar refractivity (Wildman–Crippen MR) is 90.2 cm³/mol. The summed E-state index contributed by atoms with van der Waals surface area (Å²) in [6.07, 6.45) is 0. The SMILES string of the molecule is COC(=O)c1ccc(CNS(=O)(=O)Cc2ccc(OC)cc2)c(F)c1. The molecule has 0 unspecified atom stereocenters. The highest BCUT2D eigenvalue weighted by molar-refractivity contribution is 7.88. The number of benzene rings is 2. The van der Waals surface area contributed by atoms with Crippen LogP contribution in [-0.2, 0) is 27.1 Å². The Hall–Kier alpha value is -2.45. The first-order valence-corrected chi connectivity index (χ1v) is 8.97. The Morgan fingerprint density at radius 2 is 1.80 bits per heavy atom. The molecule has 6 nitrogen and oxygen atoms in total. The number of ether oxygens (including phenoxy) is 2. The van der Waals surface area contributed by atoms with Crippen LogP contribution >= 0.6 is 0 Å². The van der Waals surface area contributed by atoms with Gasteiger partial charge in [0.05, 0.1) is 25.5 Å². The van der Waals surface area contributed by atoms with E-state index in [1.54, 1.807) is 24.3 Å². The molecule has 134 valence electrons. The van der Waals surface area contributed by atoms with Crippen LogP contribution in [0.25, 0.3) is 0 Å². The number of carbonyl (C=O) groups excluding carboxylic acids is 1. The van der Waals surface area contributed by atoms with Crippen LogP contribution in [-0.4, -0.2) is 28.6 Å². The molecule has 2 rings (SSSR count). The second-order valence-corrected chi connectivity index (χ2v) is 7.03. The Morgan fingerprint density at radius 3 is 2.36 bits per heavy atom. The number of nitrogens with one attached hydrogen (secondary N) is 1. The van der Waals surface area contributed by atoms with Crippen molar-refractivity contribution in [3.8, 4) is 5.75 Å². The first-order valence-electron chi connectivity index (χ1n) is 7.31. The van der Waals surface area contributed by atoms with Crippen molar-refractivity contribution in [3.05, 3.63) is 65.0 Å². The Morgan fingerprint density at radius 1 is 1.12 bits per heavy atom. The van der Waals surface area contributed by atoms with E-state index in [-0.39, 0.29) is 23.4 Å². The molecule has 0 bridgehead atoms. The van der Waals surface area contributed by atoms with E-state index in [0.29, 0.717) is 11.3 Å². The minimum atomic E-state index is -3.65. The van der Waals surface area contributed by atoms with Gasteiger partial charge in [-0.15, -0.1) is 0 Å². The normalized spacial score (nSPS) is 11.2. The molecule has 0 aliphatic heterocycles. The molecular weight excluding hydrogens is 349 g/mol. The lowest BCUT2D eigenvalue weighted by atomic mass is 10.1. The van der Waals surface area contributed by atoms with Gasteiger partial charge in [0.25, 0.3) is 0 Å². The molecule has 0 aliphatic carbocycles. The van der Waals surface area contributed by atoms with Crippen molar-refractivity contribution in [2.75, 3.05) is 14.2 Å². The summed E-state index contributed by atoms with van der Waals surface area (Å²) in [5.74, 6) is -0.957. The van der Waals surface area contributed by atoms with Gasteiger partial charge in [-0.3, -0.25) is 0 Å². The molecule has 0 saturated carbocycles. The minimum Gasteiger partial charge on any atom is -0.497 e. The van der Waals surface area contributed by atoms with Gasteiger partial charge in [0.1, 0.15) is 11.6 Å². The van der Waals surface area contributed by atoms with Crippen LogP contribution in [0.5, 0.6) is 5.75 Å². The first-order chi connectivity index (χ1) is 11.8. The summed E-state index contributed by atoms with van der Waals surface area (Å²) in [4.78, 5) is 11.3. The van der Waals surface area contributed by atoms with Crippen LogP contribution < -0.4 is 9.46 Å². The van der Waals surface area contributed by atoms with Crippen molar-refractivity contribution < 1.29 is 27.1 Å². The molecule has 2 aromatic rings. The summed E-state index contributed by atoms with van der Waals surface area (Å²) in [7, 11) is -0.932. The maximum atomic E-state index is 14.0. The van der Waals surface area contributed by atoms with Crippen LogP contribution in [0.3, 0.4) is 0 Å². The Bertz CT molecular complexity index is 850. The van der Waals surface area contributed by atoms with Gasteiger partial charge in [-0.1, -0.05) is 18.2 Å². The summed E-state index contributed by atoms with van der Waals surface area (Å²) in [6, 6.07) is 10.3. The van der Waals surface area contributed by atoms with E-state index in [1.165, 1.54) is 26.4 Å². The summed E-state index contributed by atoms with van der Waals surface area (Å²) in [5, 5.41) is 0. The number of hydrogen-bond acceptors (Lipinski definition) is 5. The van der Waals surface area contributed by atoms with E-state index in [1.807, 2.05) is 0 Å². The smallest absolute Gasteiger partial charge is 0.337 e. The van der Waals surface area contributed by atoms with E-state index in [0.717, 1.165) is 6.07 Å². The second kappa shape index (κ2) is 8.09. The molecule has 0 aliphatic rings. The van der Waals surface area contributed by atoms with Crippen molar-refractivity contribution >= 4 is 16.0 Å². The van der Waals surface area contributed by atoms with Crippen LogP contribution in [0.2, 0.25) is 0 Å². The van der Waals surface area contributed by atoms with Gasteiger partial charge in [0, 0.05) is 12.1 Å². The zero-order chi connectivity index (χ0) is 18.4. The largest absolute Gasteiger partial charge is 0.497 e. The zero-order valence-corrected chi connectivity index (χ0v) is 14.6. The van der Waals surface area contributed by atoms with Gasteiger partial charge in [-0.2, -0.15) is 0 Å². The summed E-state index contributed by atoms with van der Waals surface area (Å²) in [6.45, 7) is -0.216. The molecule has 8 heteroatoms. The van der Waals surface area contributed by atoms with Gasteiger partial charge in [-0.05, 0) is 29.8 Å². The maximum absolute atomic E-state index is 14.0. The third-order valence-electron chi connectivity index (χ3n) is 3.47. The molecule has 25 heavy (non-hydrogen) atoms. The fourth-order valence-electron chi connectivity index (χ4n) is 2.12. The lowest BCUT2D eigenvalue weighted by Gasteiger charge is -2.09. The van der Waals surface area contributed by atoms with E-state index in [4.69, 9.17) is 4.74 Å². The maximum Gasteiger partial charge on any atom is 0.337 e. The molecule has 0 radical (unpaired) electrons. The number of sulfonamides is 1. The quantitative estimate of drug-likeness (QED) is 0.759. The summed E-state index contributed by atoms with van der Waals surface area (Å²) >= 11 is 0. The minimum absolute atomic E-state index is 0.0600. The number of esters is 1. The number of carbonyl (C=O) groups is 1. The highest BCUT2D eigenvalue weighted by Crippen LogP contribution is 2.15. The molecule has 0 spiro atoms. The Labute approximate surface area is 145 Å². The second-order valence-electron chi connectivity index (χ2n) is 5.23. The molecule has 2 aromatic carbocycles. The lowest BCUT2D eigenvalue weighted by Crippen LogP contribution is -2.25. The van der Waals surface area contributed by atoms with Gasteiger partial charge in [0.15, 0.2) is 0 Å². The number of hydrogen-bond donors (Lipinski definition) is 1. The Kier molecular flexibility index (Phi) is 6.11. The van der Waals surface area contributed by atoms with Gasteiger partial charge < -0.3 is 9.47 Å². The first kappa shape index (κ1) is 18.9. The third kappa shape index (κ3) is 5.27. The van der Waals surface area contributed by atoms with Gasteiger partial charge in [0.2, 0.25) is 10.0 Å². The molecule has 1 N–H and O–H groups in total. The monoisotopic (exact) mass is 367 g/mol. The van der Waals surface area contributed by atoms with Crippen LogP contribution in [0, 0.1) is 5.82 Å².